The Morgan fingerprint density at radius 1 is 0.960 bits per heavy atom. The number of alkyl carbamates (subject to hydrolysis) is 1. The lowest BCUT2D eigenvalue weighted by molar-refractivity contribution is -0.155. The molecule has 1 N–H and O–H groups in total. The van der Waals surface area contributed by atoms with Crippen molar-refractivity contribution in [3.63, 3.8) is 0 Å². The Bertz CT molecular complexity index is 463. The van der Waals surface area contributed by atoms with E-state index in [2.05, 4.69) is 5.32 Å². The van der Waals surface area contributed by atoms with Gasteiger partial charge in [-0.3, -0.25) is 9.59 Å². The molecule has 7 heteroatoms. The average molecular weight is 358 g/mol. The third kappa shape index (κ3) is 10.6. The van der Waals surface area contributed by atoms with Gasteiger partial charge in [-0.2, -0.15) is 0 Å². The molecule has 0 aliphatic heterocycles. The van der Waals surface area contributed by atoms with Gasteiger partial charge in [-0.25, -0.2) is 4.79 Å². The second-order valence-electron chi connectivity index (χ2n) is 7.86. The average Bonchev–Trinajstić information content (AvgIpc) is 2.41. The van der Waals surface area contributed by atoms with Crippen molar-refractivity contribution in [2.45, 2.75) is 85.5 Å². The van der Waals surface area contributed by atoms with Crippen LogP contribution in [0.15, 0.2) is 0 Å². The molecule has 7 nitrogen and oxygen atoms in total. The summed E-state index contributed by atoms with van der Waals surface area (Å²) in [7, 11) is 0. The summed E-state index contributed by atoms with van der Waals surface area (Å²) in [6.07, 6.45) is -0.0864. The largest absolute Gasteiger partial charge is 0.460 e. The molecule has 2 amide bonds. The van der Waals surface area contributed by atoms with E-state index in [0.717, 1.165) is 0 Å². The minimum atomic E-state index is -0.687. The van der Waals surface area contributed by atoms with Crippen molar-refractivity contribution < 1.29 is 23.9 Å². The number of nitrogens with zero attached hydrogens (tertiary/aromatic N) is 1. The molecule has 1 atom stereocenters. The van der Waals surface area contributed by atoms with Gasteiger partial charge in [-0.05, 0) is 54.9 Å². The summed E-state index contributed by atoms with van der Waals surface area (Å²) in [6.45, 7) is 15.0. The zero-order chi connectivity index (χ0) is 19.8. The van der Waals surface area contributed by atoms with Crippen molar-refractivity contribution in [3.8, 4) is 0 Å². The van der Waals surface area contributed by atoms with Gasteiger partial charge >= 0.3 is 12.1 Å². The van der Waals surface area contributed by atoms with Crippen LogP contribution in [0.5, 0.6) is 0 Å². The van der Waals surface area contributed by atoms with Crippen molar-refractivity contribution in [2.75, 3.05) is 13.1 Å². The first kappa shape index (κ1) is 23.2. The van der Waals surface area contributed by atoms with E-state index in [1.165, 1.54) is 4.90 Å². The number of hydrogen-bond acceptors (Lipinski definition) is 5. The molecule has 0 radical (unpaired) electrons. The predicted molar refractivity (Wildman–Crippen MR) is 96.2 cm³/mol. The van der Waals surface area contributed by atoms with Crippen molar-refractivity contribution in [1.29, 1.82) is 0 Å². The van der Waals surface area contributed by atoms with E-state index < -0.39 is 23.3 Å². The summed E-state index contributed by atoms with van der Waals surface area (Å²) in [5.74, 6) is -0.591. The molecule has 25 heavy (non-hydrogen) atoms. The molecule has 146 valence electrons. The van der Waals surface area contributed by atoms with Gasteiger partial charge in [0.15, 0.2) is 0 Å². The fourth-order valence-corrected chi connectivity index (χ4v) is 2.05. The zero-order valence-corrected chi connectivity index (χ0v) is 16.9. The van der Waals surface area contributed by atoms with E-state index in [4.69, 9.17) is 9.47 Å². The molecule has 0 aliphatic rings. The molecule has 0 aromatic carbocycles. The first-order valence-electron chi connectivity index (χ1n) is 8.79. The predicted octanol–water partition coefficient (Wildman–Crippen LogP) is 2.87. The van der Waals surface area contributed by atoms with Gasteiger partial charge in [0.25, 0.3) is 0 Å². The van der Waals surface area contributed by atoms with Crippen LogP contribution in [0.25, 0.3) is 0 Å². The minimum Gasteiger partial charge on any atom is -0.460 e. The molecule has 0 saturated carbocycles. The first-order valence-corrected chi connectivity index (χ1v) is 8.79. The molecule has 0 aliphatic carbocycles. The highest BCUT2D eigenvalue weighted by Gasteiger charge is 2.27. The van der Waals surface area contributed by atoms with E-state index in [9.17, 15) is 14.4 Å². The number of hydrogen-bond donors (Lipinski definition) is 1. The lowest BCUT2D eigenvalue weighted by Gasteiger charge is -2.28. The van der Waals surface area contributed by atoms with Crippen molar-refractivity contribution in [3.05, 3.63) is 0 Å². The van der Waals surface area contributed by atoms with Crippen LogP contribution in [-0.4, -0.2) is 53.2 Å². The van der Waals surface area contributed by atoms with Crippen LogP contribution in [0.3, 0.4) is 0 Å². The Morgan fingerprint density at radius 2 is 1.48 bits per heavy atom. The number of nitrogens with one attached hydrogen (secondary N) is 1. The summed E-state index contributed by atoms with van der Waals surface area (Å²) >= 11 is 0. The van der Waals surface area contributed by atoms with Gasteiger partial charge in [-0.15, -0.1) is 0 Å². The zero-order valence-electron chi connectivity index (χ0n) is 16.9. The van der Waals surface area contributed by atoms with Crippen LogP contribution in [-0.2, 0) is 19.1 Å². The molecule has 0 unspecified atom stereocenters. The number of ether oxygens (including phenoxy) is 2. The third-order valence-corrected chi connectivity index (χ3v) is 3.10. The van der Waals surface area contributed by atoms with Gasteiger partial charge in [0.1, 0.15) is 17.2 Å². The summed E-state index contributed by atoms with van der Waals surface area (Å²) in [5.41, 5.74) is -1.19. The lowest BCUT2D eigenvalue weighted by Crippen LogP contribution is -2.49. The van der Waals surface area contributed by atoms with E-state index in [1.807, 2.05) is 13.8 Å². The quantitative estimate of drug-likeness (QED) is 0.707. The minimum absolute atomic E-state index is 0.111. The van der Waals surface area contributed by atoms with Crippen LogP contribution < -0.4 is 5.32 Å². The summed E-state index contributed by atoms with van der Waals surface area (Å²) in [5, 5.41) is 2.60. The summed E-state index contributed by atoms with van der Waals surface area (Å²) in [4.78, 5) is 37.9. The number of esters is 1. The highest BCUT2D eigenvalue weighted by atomic mass is 16.6. The monoisotopic (exact) mass is 358 g/mol. The number of carbonyl (C=O) groups is 3. The fourth-order valence-electron chi connectivity index (χ4n) is 2.05. The van der Waals surface area contributed by atoms with E-state index in [1.54, 1.807) is 41.5 Å². The van der Waals surface area contributed by atoms with Gasteiger partial charge in [0.2, 0.25) is 5.91 Å². The highest BCUT2D eigenvalue weighted by Crippen LogP contribution is 2.10. The Hall–Kier alpha value is -1.79. The Morgan fingerprint density at radius 3 is 1.88 bits per heavy atom. The van der Waals surface area contributed by atoms with Crippen LogP contribution in [0.1, 0.15) is 68.2 Å². The second kappa shape index (κ2) is 9.63. The van der Waals surface area contributed by atoms with Crippen LogP contribution in [0, 0.1) is 0 Å². The maximum atomic E-state index is 12.6. The third-order valence-electron chi connectivity index (χ3n) is 3.10. The molecule has 0 aromatic heterocycles. The van der Waals surface area contributed by atoms with Gasteiger partial charge in [-0.1, -0.05) is 6.92 Å². The Kier molecular flexibility index (Phi) is 8.94. The number of rotatable bonds is 7. The van der Waals surface area contributed by atoms with Crippen LogP contribution in [0.2, 0.25) is 0 Å². The molecule has 0 spiro atoms. The number of likely N-dealkylation sites (N-methyl/N-ethyl adjacent to an activating group) is 1. The molecule has 0 saturated heterocycles. The molecular weight excluding hydrogens is 324 g/mol. The first-order chi connectivity index (χ1) is 11.3. The maximum Gasteiger partial charge on any atom is 0.408 e. The molecular formula is C18H34N2O5. The molecule has 0 aromatic rings. The Labute approximate surface area is 151 Å². The smallest absolute Gasteiger partial charge is 0.408 e. The summed E-state index contributed by atoms with van der Waals surface area (Å²) < 4.78 is 10.4. The van der Waals surface area contributed by atoms with Crippen LogP contribution >= 0.6 is 0 Å². The molecule has 0 bridgehead atoms. The topological polar surface area (TPSA) is 84.9 Å². The van der Waals surface area contributed by atoms with Gasteiger partial charge < -0.3 is 19.7 Å². The van der Waals surface area contributed by atoms with Crippen molar-refractivity contribution in [2.24, 2.45) is 0 Å². The SMILES string of the molecule is CC[C@H](NC(=O)OC(C)(C)C)C(=O)N(CC)CCC(=O)OC(C)(C)C. The molecule has 0 rings (SSSR count). The van der Waals surface area contributed by atoms with Crippen molar-refractivity contribution >= 4 is 18.0 Å². The second-order valence-corrected chi connectivity index (χ2v) is 7.86. The van der Waals surface area contributed by atoms with Crippen LogP contribution in [0.4, 0.5) is 4.79 Å². The highest BCUT2D eigenvalue weighted by molar-refractivity contribution is 5.86. The fraction of sp³-hybridized carbons (Fsp3) is 0.833. The Balaban J connectivity index is 4.71. The van der Waals surface area contributed by atoms with Gasteiger partial charge in [0, 0.05) is 13.1 Å². The lowest BCUT2D eigenvalue weighted by atomic mass is 10.1. The van der Waals surface area contributed by atoms with E-state index >= 15 is 0 Å². The summed E-state index contributed by atoms with van der Waals surface area (Å²) in [6, 6.07) is -0.687. The van der Waals surface area contributed by atoms with Crippen molar-refractivity contribution in [1.82, 2.24) is 10.2 Å². The number of carbonyl (C=O) groups excluding carboxylic acids is 3. The number of amides is 2. The standard InChI is InChI=1S/C18H34N2O5/c1-9-13(19-16(23)25-18(6,7)8)15(22)20(10-2)12-11-14(21)24-17(3,4)5/h13H,9-12H2,1-8H3,(H,19,23)/t13-/m0/s1. The maximum absolute atomic E-state index is 12.6. The van der Waals surface area contributed by atoms with Gasteiger partial charge in [0.05, 0.1) is 6.42 Å². The van der Waals surface area contributed by atoms with E-state index in [0.29, 0.717) is 13.0 Å². The van der Waals surface area contributed by atoms with E-state index in [-0.39, 0.29) is 24.8 Å². The normalized spacial score (nSPS) is 13.0. The molecule has 0 heterocycles. The molecule has 0 fully saturated rings.